The average molecular weight is 747 g/mol. The van der Waals surface area contributed by atoms with Gasteiger partial charge in [0.25, 0.3) is 0 Å². The van der Waals surface area contributed by atoms with Crippen molar-refractivity contribution in [2.75, 3.05) is 0 Å². The maximum Gasteiger partial charge on any atom is 0.143 e. The maximum absolute atomic E-state index is 6.79. The maximum atomic E-state index is 6.79. The lowest BCUT2D eigenvalue weighted by Gasteiger charge is -2.20. The third-order valence-electron chi connectivity index (χ3n) is 12.8. The van der Waals surface area contributed by atoms with Crippen molar-refractivity contribution < 1.29 is 4.42 Å². The number of rotatable bonds is 3. The highest BCUT2D eigenvalue weighted by Crippen LogP contribution is 2.49. The zero-order valence-corrected chi connectivity index (χ0v) is 32.0. The molecule has 13 aromatic rings. The van der Waals surface area contributed by atoms with Crippen LogP contribution in [0.15, 0.2) is 211 Å². The molecule has 1 nitrogen and oxygen atoms in total. The predicted octanol–water partition coefficient (Wildman–Crippen LogP) is 16.7. The van der Waals surface area contributed by atoms with Crippen LogP contribution in [-0.4, -0.2) is 0 Å². The molecule has 1 heteroatoms. The van der Waals surface area contributed by atoms with Crippen LogP contribution in [0.3, 0.4) is 0 Å². The van der Waals surface area contributed by atoms with Crippen molar-refractivity contribution in [3.8, 4) is 33.4 Å². The average Bonchev–Trinajstić information content (AvgIpc) is 3.71. The Morgan fingerprint density at radius 2 is 0.746 bits per heavy atom. The van der Waals surface area contributed by atoms with E-state index >= 15 is 0 Å². The lowest BCUT2D eigenvalue weighted by atomic mass is 9.83. The van der Waals surface area contributed by atoms with E-state index in [2.05, 4.69) is 206 Å². The summed E-state index contributed by atoms with van der Waals surface area (Å²) in [6.45, 7) is 0. The van der Waals surface area contributed by atoms with E-state index in [0.717, 1.165) is 16.6 Å². The minimum Gasteiger partial charge on any atom is -0.455 e. The van der Waals surface area contributed by atoms with Crippen molar-refractivity contribution in [2.45, 2.75) is 0 Å². The van der Waals surface area contributed by atoms with Gasteiger partial charge in [0.05, 0.1) is 0 Å². The van der Waals surface area contributed by atoms with Crippen molar-refractivity contribution >= 4 is 97.3 Å². The Kier molecular flexibility index (Phi) is 6.79. The molecule has 0 aliphatic heterocycles. The molecule has 0 N–H and O–H groups in total. The Balaban J connectivity index is 1.06. The molecule has 0 saturated carbocycles. The smallest absolute Gasteiger partial charge is 0.143 e. The molecule has 0 saturated heterocycles. The van der Waals surface area contributed by atoms with Crippen LogP contribution in [0.2, 0.25) is 0 Å². The third kappa shape index (κ3) is 4.62. The second kappa shape index (κ2) is 12.4. The van der Waals surface area contributed by atoms with Crippen LogP contribution in [0.4, 0.5) is 0 Å². The highest BCUT2D eigenvalue weighted by atomic mass is 16.3. The van der Waals surface area contributed by atoms with Crippen LogP contribution < -0.4 is 0 Å². The lowest BCUT2D eigenvalue weighted by molar-refractivity contribution is 0.673. The normalized spacial score (nSPS) is 12.1. The SMILES string of the molecule is c1ccc2c(-c3c4ccccc4c(-c4ccc(-c5ccc6c(c5)c5ccccc5c5c6oc6ccc7ccccc7c65)c5ccccc45)c4ccccc34)cccc2c1. The number of hydrogen-bond donors (Lipinski definition) is 0. The van der Waals surface area contributed by atoms with Crippen LogP contribution in [0.25, 0.3) is 131 Å². The van der Waals surface area contributed by atoms with Crippen LogP contribution in [0.1, 0.15) is 0 Å². The van der Waals surface area contributed by atoms with Gasteiger partial charge in [-0.2, -0.15) is 0 Å². The Labute approximate surface area is 340 Å². The molecule has 59 heavy (non-hydrogen) atoms. The summed E-state index contributed by atoms with van der Waals surface area (Å²) >= 11 is 0. The zero-order valence-electron chi connectivity index (χ0n) is 32.0. The van der Waals surface area contributed by atoms with E-state index in [4.69, 9.17) is 4.42 Å². The highest BCUT2D eigenvalue weighted by molar-refractivity contribution is 6.34. The predicted molar refractivity (Wildman–Crippen MR) is 253 cm³/mol. The lowest BCUT2D eigenvalue weighted by Crippen LogP contribution is -1.93. The van der Waals surface area contributed by atoms with Gasteiger partial charge in [0.1, 0.15) is 11.2 Å². The molecule has 0 aliphatic rings. The van der Waals surface area contributed by atoms with Crippen molar-refractivity contribution in [2.24, 2.45) is 0 Å². The standard InChI is InChI=1S/C58H34O/c1-3-17-38-35(14-1)16-13-27-44(38)54-46-23-9-11-25-48(46)55(49-26-12-10-24-47(49)54)50-32-31-39(41-19-5-6-20-42(41)50)37-28-30-51-52(34-37)43-21-7-8-22-45(43)57-56-40-18-4-2-15-36(40)29-33-53(56)59-58(51)57/h1-34H. The molecule has 13 rings (SSSR count). The Bertz CT molecular complexity index is 3840. The van der Waals surface area contributed by atoms with Crippen LogP contribution in [-0.2, 0) is 0 Å². The van der Waals surface area contributed by atoms with Crippen LogP contribution in [0, 0.1) is 0 Å². The van der Waals surface area contributed by atoms with Gasteiger partial charge in [0.2, 0.25) is 0 Å². The van der Waals surface area contributed by atoms with Crippen LogP contribution in [0.5, 0.6) is 0 Å². The Hall–Kier alpha value is -7.74. The second-order valence-corrected chi connectivity index (χ2v) is 15.8. The largest absolute Gasteiger partial charge is 0.455 e. The Morgan fingerprint density at radius 3 is 1.42 bits per heavy atom. The summed E-state index contributed by atoms with van der Waals surface area (Å²) in [5.41, 5.74) is 9.33. The van der Waals surface area contributed by atoms with Gasteiger partial charge in [-0.3, -0.25) is 0 Å². The van der Waals surface area contributed by atoms with Gasteiger partial charge in [0, 0.05) is 16.2 Å². The van der Waals surface area contributed by atoms with Crippen molar-refractivity contribution in [3.05, 3.63) is 206 Å². The summed E-state index contributed by atoms with van der Waals surface area (Å²) in [5.74, 6) is 0. The van der Waals surface area contributed by atoms with E-state index in [1.165, 1.54) is 114 Å². The zero-order chi connectivity index (χ0) is 38.6. The first-order valence-electron chi connectivity index (χ1n) is 20.4. The topological polar surface area (TPSA) is 13.1 Å². The molecule has 1 aromatic heterocycles. The first kappa shape index (κ1) is 32.4. The van der Waals surface area contributed by atoms with Gasteiger partial charge < -0.3 is 4.42 Å². The summed E-state index contributed by atoms with van der Waals surface area (Å²) < 4.78 is 6.79. The molecular weight excluding hydrogens is 713 g/mol. The van der Waals surface area contributed by atoms with E-state index in [-0.39, 0.29) is 0 Å². The van der Waals surface area contributed by atoms with Gasteiger partial charge in [-0.25, -0.2) is 0 Å². The van der Waals surface area contributed by atoms with Gasteiger partial charge in [0.15, 0.2) is 0 Å². The number of hydrogen-bond acceptors (Lipinski definition) is 1. The quantitative estimate of drug-likeness (QED) is 0.130. The van der Waals surface area contributed by atoms with E-state index < -0.39 is 0 Å². The molecule has 1 heterocycles. The van der Waals surface area contributed by atoms with Crippen molar-refractivity contribution in [3.63, 3.8) is 0 Å². The summed E-state index contributed by atoms with van der Waals surface area (Å²) in [6, 6.07) is 75.8. The monoisotopic (exact) mass is 746 g/mol. The number of furan rings is 1. The second-order valence-electron chi connectivity index (χ2n) is 15.8. The van der Waals surface area contributed by atoms with Crippen molar-refractivity contribution in [1.29, 1.82) is 0 Å². The molecule has 0 aliphatic carbocycles. The minimum atomic E-state index is 0.923. The molecule has 0 amide bonds. The van der Waals surface area contributed by atoms with Crippen molar-refractivity contribution in [1.82, 2.24) is 0 Å². The van der Waals surface area contributed by atoms with Gasteiger partial charge in [-0.05, 0) is 122 Å². The van der Waals surface area contributed by atoms with E-state index in [1.807, 2.05) is 0 Å². The molecule has 12 aromatic carbocycles. The van der Waals surface area contributed by atoms with Crippen LogP contribution >= 0.6 is 0 Å². The molecule has 0 fully saturated rings. The third-order valence-corrected chi connectivity index (χ3v) is 12.8. The number of benzene rings is 12. The summed E-state index contributed by atoms with van der Waals surface area (Å²) in [6.07, 6.45) is 0. The molecular formula is C58H34O. The first-order valence-corrected chi connectivity index (χ1v) is 20.4. The first-order chi connectivity index (χ1) is 29.3. The fourth-order valence-electron chi connectivity index (χ4n) is 10.3. The van der Waals surface area contributed by atoms with Gasteiger partial charge >= 0.3 is 0 Å². The minimum absolute atomic E-state index is 0.923. The summed E-state index contributed by atoms with van der Waals surface area (Å²) in [7, 11) is 0. The fraction of sp³-hybridized carbons (Fsp3) is 0. The van der Waals surface area contributed by atoms with Gasteiger partial charge in [-0.15, -0.1) is 0 Å². The summed E-state index contributed by atoms with van der Waals surface area (Å²) in [4.78, 5) is 0. The molecule has 0 spiro atoms. The van der Waals surface area contributed by atoms with E-state index in [9.17, 15) is 0 Å². The molecule has 272 valence electrons. The fourth-order valence-corrected chi connectivity index (χ4v) is 10.3. The molecule has 0 radical (unpaired) electrons. The summed E-state index contributed by atoms with van der Waals surface area (Å²) in [5, 5.41) is 19.6. The Morgan fingerprint density at radius 1 is 0.254 bits per heavy atom. The number of fused-ring (bicyclic) bond motifs is 14. The molecule has 0 bridgehead atoms. The highest BCUT2D eigenvalue weighted by Gasteiger charge is 2.21. The van der Waals surface area contributed by atoms with E-state index in [0.29, 0.717) is 0 Å². The van der Waals surface area contributed by atoms with E-state index in [1.54, 1.807) is 0 Å². The molecule has 0 atom stereocenters. The molecule has 0 unspecified atom stereocenters. The van der Waals surface area contributed by atoms with Gasteiger partial charge in [-0.1, -0.05) is 188 Å².